The summed E-state index contributed by atoms with van der Waals surface area (Å²) < 4.78 is 91.9. The molecule has 334 valence electrons. The Morgan fingerprint density at radius 1 is 0.500 bits per heavy atom. The topological polar surface area (TPSA) is 111 Å². The minimum Gasteiger partial charge on any atom is -0.495 e. The summed E-state index contributed by atoms with van der Waals surface area (Å²) in [5.74, 6) is -1.34. The van der Waals surface area contributed by atoms with Gasteiger partial charge in [0.1, 0.15) is 11.5 Å². The molecular formula is C48H42Cl2F6N4O4. The lowest BCUT2D eigenvalue weighted by Crippen LogP contribution is -2.74. The molecular weight excluding hydrogens is 881 g/mol. The zero-order valence-corrected chi connectivity index (χ0v) is 35.9. The number of methoxy groups -OCH3 is 2. The quantitative estimate of drug-likeness (QED) is 0.0993. The molecule has 2 atom stereocenters. The van der Waals surface area contributed by atoms with E-state index in [1.165, 1.54) is 78.6 Å². The number of nitrogens with two attached hydrogens (primary N) is 2. The summed E-state index contributed by atoms with van der Waals surface area (Å²) in [5, 5.41) is 0.317. The number of carbonyl (C=O) groups excluding carboxylic acids is 2. The van der Waals surface area contributed by atoms with Gasteiger partial charge in [0.2, 0.25) is 0 Å². The first-order valence-electron chi connectivity index (χ1n) is 19.6. The summed E-state index contributed by atoms with van der Waals surface area (Å²) in [5.41, 5.74) is 9.97. The van der Waals surface area contributed by atoms with E-state index in [4.69, 9.17) is 44.1 Å². The molecule has 6 aromatic rings. The normalized spacial score (nSPS) is 13.6. The minimum atomic E-state index is -4.58. The fraction of sp³-hybridized carbons (Fsp3) is 0.208. The summed E-state index contributed by atoms with van der Waals surface area (Å²) in [6.45, 7) is -0.380. The van der Waals surface area contributed by atoms with Gasteiger partial charge in [0, 0.05) is 30.5 Å². The Morgan fingerprint density at radius 2 is 0.891 bits per heavy atom. The summed E-state index contributed by atoms with van der Waals surface area (Å²) in [4.78, 5) is 34.5. The number of halogens is 8. The lowest BCUT2D eigenvalue weighted by atomic mass is 9.67. The van der Waals surface area contributed by atoms with Gasteiger partial charge in [-0.25, -0.2) is 0 Å². The largest absolute Gasteiger partial charge is 0.495 e. The monoisotopic (exact) mass is 922 g/mol. The average molecular weight is 924 g/mol. The van der Waals surface area contributed by atoms with Gasteiger partial charge in [-0.3, -0.25) is 9.59 Å². The lowest BCUT2D eigenvalue weighted by Gasteiger charge is -2.48. The van der Waals surface area contributed by atoms with Crippen LogP contribution in [0, 0.1) is 0 Å². The molecule has 0 aromatic heterocycles. The molecule has 6 aromatic carbocycles. The van der Waals surface area contributed by atoms with E-state index in [1.807, 2.05) is 0 Å². The minimum absolute atomic E-state index is 0.0130. The number of alkyl halides is 6. The molecule has 6 rings (SSSR count). The van der Waals surface area contributed by atoms with Gasteiger partial charge in [0.05, 0.1) is 35.4 Å². The fourth-order valence-corrected chi connectivity index (χ4v) is 7.85. The van der Waals surface area contributed by atoms with Crippen LogP contribution >= 0.6 is 23.2 Å². The van der Waals surface area contributed by atoms with Crippen LogP contribution in [0.2, 0.25) is 10.0 Å². The number of benzene rings is 6. The molecule has 2 amide bonds. The van der Waals surface area contributed by atoms with Crippen molar-refractivity contribution < 1.29 is 45.4 Å². The zero-order chi connectivity index (χ0) is 46.5. The summed E-state index contributed by atoms with van der Waals surface area (Å²) in [7, 11) is 2.78. The van der Waals surface area contributed by atoms with Crippen molar-refractivity contribution in [1.29, 1.82) is 0 Å². The van der Waals surface area contributed by atoms with E-state index in [0.29, 0.717) is 11.1 Å². The van der Waals surface area contributed by atoms with E-state index in [9.17, 15) is 26.3 Å². The van der Waals surface area contributed by atoms with Gasteiger partial charge < -0.3 is 30.7 Å². The fourth-order valence-electron chi connectivity index (χ4n) is 7.41. The van der Waals surface area contributed by atoms with Crippen molar-refractivity contribution in [2.24, 2.45) is 11.5 Å². The highest BCUT2D eigenvalue weighted by atomic mass is 35.5. The molecule has 0 fully saturated rings. The van der Waals surface area contributed by atoms with Crippen molar-refractivity contribution in [2.45, 2.75) is 36.3 Å². The molecule has 0 saturated heterocycles. The molecule has 16 heteroatoms. The van der Waals surface area contributed by atoms with Gasteiger partial charge in [-0.05, 0) is 89.7 Å². The molecule has 4 N–H and O–H groups in total. The highest BCUT2D eigenvalue weighted by Crippen LogP contribution is 2.43. The number of anilines is 2. The third-order valence-corrected chi connectivity index (χ3v) is 11.6. The van der Waals surface area contributed by atoms with Crippen LogP contribution in [-0.2, 0) is 45.9 Å². The number of ether oxygens (including phenoxy) is 2. The number of nitrogens with zero attached hydrogens (tertiary/aromatic N) is 2. The van der Waals surface area contributed by atoms with Crippen molar-refractivity contribution in [3.63, 3.8) is 0 Å². The van der Waals surface area contributed by atoms with Gasteiger partial charge in [0.15, 0.2) is 11.1 Å². The van der Waals surface area contributed by atoms with E-state index in [2.05, 4.69) is 0 Å². The number of amides is 2. The zero-order valence-electron chi connectivity index (χ0n) is 34.4. The van der Waals surface area contributed by atoms with E-state index in [-0.39, 0.29) is 70.0 Å². The van der Waals surface area contributed by atoms with Gasteiger partial charge in [-0.15, -0.1) is 0 Å². The van der Waals surface area contributed by atoms with Gasteiger partial charge >= 0.3 is 12.4 Å². The maximum atomic E-state index is 16.0. The Morgan fingerprint density at radius 3 is 1.27 bits per heavy atom. The molecule has 8 nitrogen and oxygen atoms in total. The summed E-state index contributed by atoms with van der Waals surface area (Å²) in [6, 6.07) is 34.0. The second kappa shape index (κ2) is 19.4. The number of hydrogen-bond donors (Lipinski definition) is 2. The van der Waals surface area contributed by atoms with E-state index >= 15 is 9.59 Å². The summed E-state index contributed by atoms with van der Waals surface area (Å²) in [6.07, 6.45) is -9.13. The van der Waals surface area contributed by atoms with Crippen LogP contribution in [0.5, 0.6) is 11.5 Å². The van der Waals surface area contributed by atoms with E-state index < -0.39 is 46.4 Å². The van der Waals surface area contributed by atoms with Crippen molar-refractivity contribution >= 4 is 46.4 Å². The summed E-state index contributed by atoms with van der Waals surface area (Å²) >= 11 is 13.1. The van der Waals surface area contributed by atoms with Crippen molar-refractivity contribution in [3.05, 3.63) is 189 Å². The maximum Gasteiger partial charge on any atom is 0.416 e. The van der Waals surface area contributed by atoms with E-state index in [0.717, 1.165) is 24.3 Å². The van der Waals surface area contributed by atoms with Crippen LogP contribution in [0.4, 0.5) is 37.7 Å². The smallest absolute Gasteiger partial charge is 0.416 e. The maximum absolute atomic E-state index is 16.0. The van der Waals surface area contributed by atoms with Crippen LogP contribution in [-0.4, -0.2) is 39.1 Å². The van der Waals surface area contributed by atoms with Gasteiger partial charge in [-0.1, -0.05) is 108 Å². The first-order valence-corrected chi connectivity index (χ1v) is 20.4. The standard InChI is InChI=1S/C48H42Cl2F6N4O4/c1-63-41-24-22-37(29-40(41)50)59(27-25-31-13-17-35(18-14-31)47(51,52)53)43(61)45(57,33-9-5-3-6-10-33)46(58,34-11-7-4-8-12-34)44(62)60(38-21-23-39(49)42(30-38)64-2)28-26-32-15-19-36(20-16-32)48(54,55)56/h3-24,29-30H,25-28,57-58H2,1-2H3. The number of hydrogen-bond acceptors (Lipinski definition) is 6. The molecule has 0 aliphatic heterocycles. The van der Waals surface area contributed by atoms with Gasteiger partial charge in [0.25, 0.3) is 11.8 Å². The molecule has 0 aliphatic carbocycles. The van der Waals surface area contributed by atoms with Crippen LogP contribution < -0.4 is 30.7 Å². The Balaban J connectivity index is 1.55. The first-order chi connectivity index (χ1) is 30.3. The van der Waals surface area contributed by atoms with Gasteiger partial charge in [-0.2, -0.15) is 26.3 Å². The molecule has 0 spiro atoms. The average Bonchev–Trinajstić information content (AvgIpc) is 3.29. The van der Waals surface area contributed by atoms with Crippen LogP contribution in [0.3, 0.4) is 0 Å². The predicted molar refractivity (Wildman–Crippen MR) is 236 cm³/mol. The molecule has 0 heterocycles. The molecule has 0 radical (unpaired) electrons. The molecule has 2 unspecified atom stereocenters. The van der Waals surface area contributed by atoms with Crippen LogP contribution in [0.25, 0.3) is 0 Å². The molecule has 64 heavy (non-hydrogen) atoms. The second-order valence-electron chi connectivity index (χ2n) is 14.8. The Kier molecular flexibility index (Phi) is 14.3. The molecule has 0 saturated carbocycles. The van der Waals surface area contributed by atoms with E-state index in [1.54, 1.807) is 66.7 Å². The second-order valence-corrected chi connectivity index (χ2v) is 15.6. The third kappa shape index (κ3) is 9.85. The highest BCUT2D eigenvalue weighted by molar-refractivity contribution is 6.32. The Bertz CT molecular complexity index is 2570. The van der Waals surface area contributed by atoms with Crippen molar-refractivity contribution in [1.82, 2.24) is 0 Å². The Labute approximate surface area is 375 Å². The third-order valence-electron chi connectivity index (χ3n) is 10.9. The lowest BCUT2D eigenvalue weighted by molar-refractivity contribution is -0.138. The molecule has 0 aliphatic rings. The Hall–Kier alpha value is -6.06. The predicted octanol–water partition coefficient (Wildman–Crippen LogP) is 10.6. The van der Waals surface area contributed by atoms with Crippen molar-refractivity contribution in [3.8, 4) is 11.5 Å². The first kappa shape index (κ1) is 47.4. The van der Waals surface area contributed by atoms with Crippen LogP contribution in [0.15, 0.2) is 146 Å². The SMILES string of the molecule is COc1ccc(N(CCc2ccc(C(F)(F)F)cc2)C(=O)C(N)(c2ccccc2)C(N)(C(=O)N(CCc2ccc(C(F)(F)F)cc2)c2ccc(Cl)c(OC)c2)c2ccccc2)cc1Cl. The number of carbonyl (C=O) groups is 2. The molecule has 0 bridgehead atoms. The highest BCUT2D eigenvalue weighted by Gasteiger charge is 2.61. The number of rotatable bonds is 15. The van der Waals surface area contributed by atoms with Crippen LogP contribution in [0.1, 0.15) is 33.4 Å². The van der Waals surface area contributed by atoms with Crippen molar-refractivity contribution in [2.75, 3.05) is 37.1 Å².